The lowest BCUT2D eigenvalue weighted by atomic mass is 9.98. The maximum absolute atomic E-state index is 9.58. The average molecular weight is 190 g/mol. The summed E-state index contributed by atoms with van der Waals surface area (Å²) in [6, 6.07) is 6.00. The first-order valence-corrected chi connectivity index (χ1v) is 4.81. The van der Waals surface area contributed by atoms with Crippen LogP contribution in [0.25, 0.3) is 0 Å². The highest BCUT2D eigenvalue weighted by atomic mass is 16.5. The number of aliphatic hydroxyl groups is 1. The van der Waals surface area contributed by atoms with Crippen LogP contribution in [0.1, 0.15) is 22.8 Å². The molecule has 0 aromatic heterocycles. The topological polar surface area (TPSA) is 29.5 Å². The van der Waals surface area contributed by atoms with Crippen LogP contribution in [0.2, 0.25) is 0 Å². The highest BCUT2D eigenvalue weighted by Crippen LogP contribution is 2.22. The molecule has 1 N–H and O–H groups in total. The Bertz CT molecular complexity index is 344. The summed E-state index contributed by atoms with van der Waals surface area (Å²) < 4.78 is 5.34. The van der Waals surface area contributed by atoms with Crippen molar-refractivity contribution >= 4 is 0 Å². The van der Waals surface area contributed by atoms with E-state index < -0.39 is 6.10 Å². The number of fused-ring (bicyclic) bond motifs is 1. The lowest BCUT2D eigenvalue weighted by molar-refractivity contribution is 0.110. The first-order valence-electron chi connectivity index (χ1n) is 4.81. The van der Waals surface area contributed by atoms with Crippen molar-refractivity contribution in [2.45, 2.75) is 19.1 Å². The molecule has 14 heavy (non-hydrogen) atoms. The second-order valence-corrected chi connectivity index (χ2v) is 3.51. The Morgan fingerprint density at radius 3 is 3.07 bits per heavy atom. The third kappa shape index (κ3) is 1.72. The monoisotopic (exact) mass is 190 g/mol. The van der Waals surface area contributed by atoms with Crippen LogP contribution in [-0.2, 0) is 17.8 Å². The molecule has 0 fully saturated rings. The molecule has 1 unspecified atom stereocenters. The van der Waals surface area contributed by atoms with Gasteiger partial charge in [0.15, 0.2) is 0 Å². The lowest BCUT2D eigenvalue weighted by Crippen LogP contribution is -2.10. The second kappa shape index (κ2) is 3.95. The summed E-state index contributed by atoms with van der Waals surface area (Å²) in [6.45, 7) is 5.05. The minimum Gasteiger partial charge on any atom is -0.384 e. The zero-order valence-electron chi connectivity index (χ0n) is 8.07. The summed E-state index contributed by atoms with van der Waals surface area (Å²) in [6.07, 6.45) is 1.93. The fraction of sp³-hybridized carbons (Fsp3) is 0.333. The molecular weight excluding hydrogens is 176 g/mol. The predicted octanol–water partition coefficient (Wildman–Crippen LogP) is 1.98. The van der Waals surface area contributed by atoms with Crippen LogP contribution in [0.5, 0.6) is 0 Å². The molecule has 74 valence electrons. The van der Waals surface area contributed by atoms with E-state index in [0.717, 1.165) is 18.6 Å². The highest BCUT2D eigenvalue weighted by molar-refractivity contribution is 5.34. The van der Waals surface area contributed by atoms with Gasteiger partial charge in [0.25, 0.3) is 0 Å². The Morgan fingerprint density at radius 2 is 2.29 bits per heavy atom. The van der Waals surface area contributed by atoms with Gasteiger partial charge in [0, 0.05) is 0 Å². The van der Waals surface area contributed by atoms with E-state index in [0.29, 0.717) is 6.61 Å². The third-order valence-electron chi connectivity index (χ3n) is 2.57. The number of ether oxygens (including phenoxy) is 1. The number of hydrogen-bond donors (Lipinski definition) is 1. The van der Waals surface area contributed by atoms with Crippen molar-refractivity contribution in [2.24, 2.45) is 0 Å². The fourth-order valence-corrected chi connectivity index (χ4v) is 1.70. The van der Waals surface area contributed by atoms with E-state index in [2.05, 4.69) is 6.58 Å². The van der Waals surface area contributed by atoms with Crippen LogP contribution < -0.4 is 0 Å². The van der Waals surface area contributed by atoms with Crippen LogP contribution in [-0.4, -0.2) is 11.7 Å². The maximum Gasteiger partial charge on any atom is 0.0969 e. The van der Waals surface area contributed by atoms with Gasteiger partial charge in [0.05, 0.1) is 19.3 Å². The van der Waals surface area contributed by atoms with Crippen LogP contribution >= 0.6 is 0 Å². The Labute approximate surface area is 83.8 Å². The SMILES string of the molecule is C=CC(O)c1ccc2c(c1)CCOC2. The number of hydrogen-bond acceptors (Lipinski definition) is 2. The van der Waals surface area contributed by atoms with E-state index in [1.807, 2.05) is 18.2 Å². The van der Waals surface area contributed by atoms with E-state index in [-0.39, 0.29) is 0 Å². The molecule has 2 heteroatoms. The number of benzene rings is 1. The summed E-state index contributed by atoms with van der Waals surface area (Å²) in [5.41, 5.74) is 3.44. The van der Waals surface area contributed by atoms with Crippen molar-refractivity contribution in [3.05, 3.63) is 47.5 Å². The summed E-state index contributed by atoms with van der Waals surface area (Å²) >= 11 is 0. The van der Waals surface area contributed by atoms with Crippen LogP contribution in [0.4, 0.5) is 0 Å². The van der Waals surface area contributed by atoms with Gasteiger partial charge < -0.3 is 9.84 Å². The summed E-state index contributed by atoms with van der Waals surface area (Å²) in [5, 5.41) is 9.58. The van der Waals surface area contributed by atoms with Gasteiger partial charge in [-0.05, 0) is 23.1 Å². The Kier molecular flexibility index (Phi) is 2.66. The molecule has 1 aliphatic rings. The molecular formula is C12H14O2. The summed E-state index contributed by atoms with van der Waals surface area (Å²) in [5.74, 6) is 0. The number of aliphatic hydroxyl groups excluding tert-OH is 1. The van der Waals surface area contributed by atoms with E-state index in [4.69, 9.17) is 4.74 Å². The largest absolute Gasteiger partial charge is 0.384 e. The normalized spacial score (nSPS) is 17.2. The zero-order chi connectivity index (χ0) is 9.97. The van der Waals surface area contributed by atoms with E-state index in [1.54, 1.807) is 6.08 Å². The molecule has 0 bridgehead atoms. The molecule has 2 nitrogen and oxygen atoms in total. The van der Waals surface area contributed by atoms with Crippen molar-refractivity contribution in [3.8, 4) is 0 Å². The lowest BCUT2D eigenvalue weighted by Gasteiger charge is -2.18. The molecule has 2 rings (SSSR count). The Morgan fingerprint density at radius 1 is 1.43 bits per heavy atom. The van der Waals surface area contributed by atoms with Gasteiger partial charge in [0.1, 0.15) is 0 Å². The van der Waals surface area contributed by atoms with Crippen molar-refractivity contribution < 1.29 is 9.84 Å². The van der Waals surface area contributed by atoms with Gasteiger partial charge >= 0.3 is 0 Å². The van der Waals surface area contributed by atoms with Crippen molar-refractivity contribution in [3.63, 3.8) is 0 Å². The number of rotatable bonds is 2. The molecule has 0 saturated carbocycles. The predicted molar refractivity (Wildman–Crippen MR) is 55.0 cm³/mol. The summed E-state index contributed by atoms with van der Waals surface area (Å²) in [7, 11) is 0. The van der Waals surface area contributed by atoms with Gasteiger partial charge in [-0.2, -0.15) is 0 Å². The van der Waals surface area contributed by atoms with Crippen molar-refractivity contribution in [2.75, 3.05) is 6.61 Å². The zero-order valence-corrected chi connectivity index (χ0v) is 8.07. The minimum absolute atomic E-state index is 0.553. The van der Waals surface area contributed by atoms with Gasteiger partial charge in [-0.25, -0.2) is 0 Å². The highest BCUT2D eigenvalue weighted by Gasteiger charge is 2.11. The smallest absolute Gasteiger partial charge is 0.0969 e. The first-order chi connectivity index (χ1) is 6.81. The van der Waals surface area contributed by atoms with Crippen molar-refractivity contribution in [1.82, 2.24) is 0 Å². The molecule has 0 saturated heterocycles. The molecule has 0 aliphatic carbocycles. The van der Waals surface area contributed by atoms with Crippen LogP contribution in [0.15, 0.2) is 30.9 Å². The Balaban J connectivity index is 2.33. The van der Waals surface area contributed by atoms with Crippen LogP contribution in [0.3, 0.4) is 0 Å². The molecule has 1 heterocycles. The second-order valence-electron chi connectivity index (χ2n) is 3.51. The van der Waals surface area contributed by atoms with E-state index in [9.17, 15) is 5.11 Å². The quantitative estimate of drug-likeness (QED) is 0.722. The molecule has 1 aliphatic heterocycles. The van der Waals surface area contributed by atoms with Gasteiger partial charge in [-0.15, -0.1) is 6.58 Å². The first kappa shape index (κ1) is 9.44. The standard InChI is InChI=1S/C12H14O2/c1-2-12(13)10-3-4-11-8-14-6-5-9(11)7-10/h2-4,7,12-13H,1,5-6,8H2. The van der Waals surface area contributed by atoms with Gasteiger partial charge in [-0.3, -0.25) is 0 Å². The Hall–Kier alpha value is -1.12. The fourth-order valence-electron chi connectivity index (χ4n) is 1.70. The summed E-state index contributed by atoms with van der Waals surface area (Å²) in [4.78, 5) is 0. The molecule has 1 atom stereocenters. The van der Waals surface area contributed by atoms with E-state index >= 15 is 0 Å². The minimum atomic E-state index is -0.553. The molecule has 0 amide bonds. The molecule has 1 aromatic rings. The van der Waals surface area contributed by atoms with Crippen molar-refractivity contribution in [1.29, 1.82) is 0 Å². The van der Waals surface area contributed by atoms with Gasteiger partial charge in [-0.1, -0.05) is 24.3 Å². The van der Waals surface area contributed by atoms with Gasteiger partial charge in [0.2, 0.25) is 0 Å². The molecule has 1 aromatic carbocycles. The van der Waals surface area contributed by atoms with Crippen LogP contribution in [0, 0.1) is 0 Å². The van der Waals surface area contributed by atoms with E-state index in [1.165, 1.54) is 11.1 Å². The average Bonchev–Trinajstić information content (AvgIpc) is 2.27. The maximum atomic E-state index is 9.58. The molecule has 0 spiro atoms. The third-order valence-corrected chi connectivity index (χ3v) is 2.57. The molecule has 0 radical (unpaired) electrons.